The molecule has 0 spiro atoms. The maximum Gasteiger partial charge on any atom is 0.232 e. The topological polar surface area (TPSA) is 41.1 Å². The molecule has 0 aromatic carbocycles. The van der Waals surface area contributed by atoms with Crippen LogP contribution in [-0.4, -0.2) is 37.0 Å². The van der Waals surface area contributed by atoms with Crippen molar-refractivity contribution in [2.75, 3.05) is 25.9 Å². The summed E-state index contributed by atoms with van der Waals surface area (Å²) >= 11 is 1.59. The Bertz CT molecular complexity index is 169. The van der Waals surface area contributed by atoms with E-state index >= 15 is 0 Å². The van der Waals surface area contributed by atoms with Gasteiger partial charge in [-0.25, -0.2) is 0 Å². The summed E-state index contributed by atoms with van der Waals surface area (Å²) in [7, 11) is 0. The first-order valence-electron chi connectivity index (χ1n) is 4.75. The zero-order valence-corrected chi connectivity index (χ0v) is 9.12. The van der Waals surface area contributed by atoms with Gasteiger partial charge in [0, 0.05) is 6.54 Å². The third-order valence-corrected chi connectivity index (χ3v) is 3.37. The number of hydrogen-bond donors (Lipinski definition) is 2. The molecule has 1 saturated heterocycles. The van der Waals surface area contributed by atoms with Crippen LogP contribution in [0.3, 0.4) is 0 Å². The molecule has 1 aliphatic heterocycles. The van der Waals surface area contributed by atoms with Crippen LogP contribution in [0.25, 0.3) is 0 Å². The molecule has 2 unspecified atom stereocenters. The van der Waals surface area contributed by atoms with Crippen molar-refractivity contribution in [2.45, 2.75) is 18.6 Å². The molecular weight excluding hydrogens is 184 g/mol. The summed E-state index contributed by atoms with van der Waals surface area (Å²) in [5, 5.41) is 6.34. The molecular formula is C9H18N2OS. The standard InChI is InChI=1S/C9H18N2OS/c1-7(13-2)9(12)11-6-8-3-4-10-5-8/h7-8,10H,3-6H2,1-2H3,(H,11,12). The Kier molecular flexibility index (Phi) is 4.59. The van der Waals surface area contributed by atoms with E-state index in [1.807, 2.05) is 13.2 Å². The Morgan fingerprint density at radius 1 is 1.77 bits per heavy atom. The highest BCUT2D eigenvalue weighted by molar-refractivity contribution is 7.99. The Labute approximate surface area is 84.0 Å². The molecule has 0 aromatic heterocycles. The summed E-state index contributed by atoms with van der Waals surface area (Å²) in [6, 6.07) is 0. The largest absolute Gasteiger partial charge is 0.355 e. The summed E-state index contributed by atoms with van der Waals surface area (Å²) < 4.78 is 0. The average Bonchev–Trinajstić information content (AvgIpc) is 2.65. The van der Waals surface area contributed by atoms with E-state index < -0.39 is 0 Å². The highest BCUT2D eigenvalue weighted by atomic mass is 32.2. The van der Waals surface area contributed by atoms with Crippen LogP contribution < -0.4 is 10.6 Å². The smallest absolute Gasteiger partial charge is 0.232 e. The van der Waals surface area contributed by atoms with Crippen LogP contribution in [0.4, 0.5) is 0 Å². The Hall–Kier alpha value is -0.220. The van der Waals surface area contributed by atoms with E-state index in [1.54, 1.807) is 11.8 Å². The SMILES string of the molecule is CSC(C)C(=O)NCC1CCNC1. The maximum atomic E-state index is 11.4. The fourth-order valence-electron chi connectivity index (χ4n) is 1.38. The molecule has 1 rings (SSSR count). The van der Waals surface area contributed by atoms with Crippen LogP contribution in [0.2, 0.25) is 0 Å². The van der Waals surface area contributed by atoms with Crippen molar-refractivity contribution in [3.63, 3.8) is 0 Å². The second kappa shape index (κ2) is 5.50. The molecule has 1 aliphatic rings. The van der Waals surface area contributed by atoms with Crippen LogP contribution in [0.1, 0.15) is 13.3 Å². The molecule has 2 N–H and O–H groups in total. The van der Waals surface area contributed by atoms with Gasteiger partial charge in [-0.2, -0.15) is 11.8 Å². The highest BCUT2D eigenvalue weighted by Crippen LogP contribution is 2.07. The first-order valence-corrected chi connectivity index (χ1v) is 6.04. The molecule has 3 nitrogen and oxygen atoms in total. The minimum absolute atomic E-state index is 0.0781. The first-order chi connectivity index (χ1) is 6.24. The number of amides is 1. The van der Waals surface area contributed by atoms with Gasteiger partial charge >= 0.3 is 0 Å². The van der Waals surface area contributed by atoms with Gasteiger partial charge < -0.3 is 10.6 Å². The lowest BCUT2D eigenvalue weighted by molar-refractivity contribution is -0.120. The van der Waals surface area contributed by atoms with Gasteiger partial charge in [0.1, 0.15) is 0 Å². The van der Waals surface area contributed by atoms with Crippen LogP contribution >= 0.6 is 11.8 Å². The summed E-state index contributed by atoms with van der Waals surface area (Å²) in [6.07, 6.45) is 3.15. The lowest BCUT2D eigenvalue weighted by Crippen LogP contribution is -2.35. The number of carbonyl (C=O) groups excluding carboxylic acids is 1. The summed E-state index contributed by atoms with van der Waals surface area (Å²) in [4.78, 5) is 11.4. The summed E-state index contributed by atoms with van der Waals surface area (Å²) in [5.41, 5.74) is 0. The Morgan fingerprint density at radius 3 is 3.08 bits per heavy atom. The maximum absolute atomic E-state index is 11.4. The summed E-state index contributed by atoms with van der Waals surface area (Å²) in [5.74, 6) is 0.803. The molecule has 4 heteroatoms. The third-order valence-electron chi connectivity index (χ3n) is 2.45. The van der Waals surface area contributed by atoms with E-state index in [9.17, 15) is 4.79 Å². The van der Waals surface area contributed by atoms with Gasteiger partial charge in [-0.05, 0) is 38.6 Å². The lowest BCUT2D eigenvalue weighted by Gasteiger charge is -2.12. The molecule has 0 aromatic rings. The third kappa shape index (κ3) is 3.56. The first kappa shape index (κ1) is 10.9. The Morgan fingerprint density at radius 2 is 2.54 bits per heavy atom. The van der Waals surface area contributed by atoms with Crippen molar-refractivity contribution in [1.29, 1.82) is 0 Å². The molecule has 1 amide bonds. The van der Waals surface area contributed by atoms with Crippen molar-refractivity contribution >= 4 is 17.7 Å². The minimum Gasteiger partial charge on any atom is -0.355 e. The van der Waals surface area contributed by atoms with E-state index in [4.69, 9.17) is 0 Å². The van der Waals surface area contributed by atoms with Gasteiger partial charge in [-0.15, -0.1) is 0 Å². The zero-order chi connectivity index (χ0) is 9.68. The number of hydrogen-bond acceptors (Lipinski definition) is 3. The number of thioether (sulfide) groups is 1. The van der Waals surface area contributed by atoms with Gasteiger partial charge in [0.2, 0.25) is 5.91 Å². The van der Waals surface area contributed by atoms with Gasteiger partial charge in [0.25, 0.3) is 0 Å². The molecule has 0 aliphatic carbocycles. The van der Waals surface area contributed by atoms with Gasteiger partial charge in [-0.1, -0.05) is 0 Å². The zero-order valence-electron chi connectivity index (χ0n) is 8.30. The van der Waals surface area contributed by atoms with Crippen molar-refractivity contribution in [1.82, 2.24) is 10.6 Å². The van der Waals surface area contributed by atoms with Crippen LogP contribution in [0.5, 0.6) is 0 Å². The van der Waals surface area contributed by atoms with Crippen molar-refractivity contribution < 1.29 is 4.79 Å². The molecule has 13 heavy (non-hydrogen) atoms. The molecule has 0 saturated carbocycles. The fourth-order valence-corrected chi connectivity index (χ4v) is 1.68. The second-order valence-electron chi connectivity index (χ2n) is 3.48. The second-order valence-corrected chi connectivity index (χ2v) is 4.66. The van der Waals surface area contributed by atoms with E-state index in [0.717, 1.165) is 19.6 Å². The van der Waals surface area contributed by atoms with Gasteiger partial charge in [0.05, 0.1) is 5.25 Å². The van der Waals surface area contributed by atoms with Crippen molar-refractivity contribution in [3.8, 4) is 0 Å². The van der Waals surface area contributed by atoms with Crippen LogP contribution in [0, 0.1) is 5.92 Å². The molecule has 76 valence electrons. The summed E-state index contributed by atoms with van der Waals surface area (Å²) in [6.45, 7) is 4.91. The van der Waals surface area contributed by atoms with Crippen molar-refractivity contribution in [2.24, 2.45) is 5.92 Å². The predicted octanol–water partition coefficient (Wildman–Crippen LogP) is 0.464. The van der Waals surface area contributed by atoms with Gasteiger partial charge in [0.15, 0.2) is 0 Å². The molecule has 1 heterocycles. The fraction of sp³-hybridized carbons (Fsp3) is 0.889. The van der Waals surface area contributed by atoms with Crippen molar-refractivity contribution in [3.05, 3.63) is 0 Å². The quantitative estimate of drug-likeness (QED) is 0.696. The molecule has 0 radical (unpaired) electrons. The average molecular weight is 202 g/mol. The number of rotatable bonds is 4. The molecule has 1 fully saturated rings. The van der Waals surface area contributed by atoms with Gasteiger partial charge in [-0.3, -0.25) is 4.79 Å². The minimum atomic E-state index is 0.0781. The van der Waals surface area contributed by atoms with E-state index in [-0.39, 0.29) is 11.2 Å². The lowest BCUT2D eigenvalue weighted by atomic mass is 10.1. The van der Waals surface area contributed by atoms with Crippen LogP contribution in [0.15, 0.2) is 0 Å². The highest BCUT2D eigenvalue weighted by Gasteiger charge is 2.16. The number of carbonyl (C=O) groups is 1. The van der Waals surface area contributed by atoms with E-state index in [2.05, 4.69) is 10.6 Å². The molecule has 0 bridgehead atoms. The number of nitrogens with one attached hydrogen (secondary N) is 2. The predicted molar refractivity (Wildman–Crippen MR) is 57.0 cm³/mol. The normalized spacial score (nSPS) is 24.3. The Balaban J connectivity index is 2.13. The monoisotopic (exact) mass is 202 g/mol. The molecule has 2 atom stereocenters. The van der Waals surface area contributed by atoms with E-state index in [1.165, 1.54) is 6.42 Å². The van der Waals surface area contributed by atoms with E-state index in [0.29, 0.717) is 5.92 Å². The van der Waals surface area contributed by atoms with Crippen LogP contribution in [-0.2, 0) is 4.79 Å².